The maximum atomic E-state index is 10.2. The number of nitrogens with one attached hydrogen (secondary N) is 1. The fourth-order valence-electron chi connectivity index (χ4n) is 1.67. The molecule has 3 aromatic rings. The van der Waals surface area contributed by atoms with E-state index in [2.05, 4.69) is 14.9 Å². The van der Waals surface area contributed by atoms with E-state index in [1.165, 1.54) is 0 Å². The number of benzene rings is 2. The summed E-state index contributed by atoms with van der Waals surface area (Å²) >= 11 is 4.97. The van der Waals surface area contributed by atoms with Crippen molar-refractivity contribution < 1.29 is 9.53 Å². The van der Waals surface area contributed by atoms with Gasteiger partial charge < -0.3 is 10.5 Å². The van der Waals surface area contributed by atoms with E-state index in [1.54, 1.807) is 6.20 Å². The maximum absolute atomic E-state index is 10.2. The van der Waals surface area contributed by atoms with Crippen molar-refractivity contribution in [2.75, 3.05) is 5.73 Å². The van der Waals surface area contributed by atoms with Gasteiger partial charge in [-0.05, 0) is 23.8 Å². The first-order chi connectivity index (χ1) is 10.1. The van der Waals surface area contributed by atoms with Crippen LogP contribution in [-0.2, 0) is 11.3 Å². The lowest BCUT2D eigenvalue weighted by Gasteiger charge is -1.98. The number of carbonyl (C=O) groups is 1. The average Bonchev–Trinajstić information content (AvgIpc) is 2.94. The van der Waals surface area contributed by atoms with Crippen molar-refractivity contribution in [3.63, 3.8) is 0 Å². The second-order valence-electron chi connectivity index (χ2n) is 4.23. The van der Waals surface area contributed by atoms with Gasteiger partial charge in [-0.2, -0.15) is 5.10 Å². The van der Waals surface area contributed by atoms with Crippen LogP contribution in [0.4, 0.5) is 10.5 Å². The number of fused-ring (bicyclic) bond motifs is 1. The Kier molecular flexibility index (Phi) is 5.17. The van der Waals surface area contributed by atoms with Crippen LogP contribution in [0.25, 0.3) is 10.9 Å². The van der Waals surface area contributed by atoms with Crippen molar-refractivity contribution >= 4 is 33.6 Å². The minimum Gasteiger partial charge on any atom is -0.449 e. The van der Waals surface area contributed by atoms with E-state index >= 15 is 0 Å². The highest BCUT2D eigenvalue weighted by atomic mass is 35.5. The number of aromatic nitrogens is 2. The monoisotopic (exact) mass is 303 g/mol. The lowest BCUT2D eigenvalue weighted by molar-refractivity contribution is 0.167. The zero-order valence-corrected chi connectivity index (χ0v) is 11.9. The number of aromatic amines is 1. The highest BCUT2D eigenvalue weighted by molar-refractivity contribution is 6.61. The zero-order chi connectivity index (χ0) is 15.1. The van der Waals surface area contributed by atoms with Gasteiger partial charge in [0.1, 0.15) is 6.61 Å². The fourth-order valence-corrected chi connectivity index (χ4v) is 1.72. The van der Waals surface area contributed by atoms with E-state index in [1.807, 2.05) is 48.5 Å². The summed E-state index contributed by atoms with van der Waals surface area (Å²) in [4.78, 5) is 10.2. The molecule has 3 rings (SSSR count). The number of ether oxygens (including phenoxy) is 1. The lowest BCUT2D eigenvalue weighted by atomic mass is 10.2. The largest absolute Gasteiger partial charge is 0.449 e. The molecule has 0 saturated carbocycles. The molecule has 0 fully saturated rings. The summed E-state index contributed by atoms with van der Waals surface area (Å²) in [6.07, 6.45) is 1.77. The number of carbonyl (C=O) groups excluding carboxylic acids is 1. The topological polar surface area (TPSA) is 81.0 Å². The number of nitrogens with zero attached hydrogens (tertiary/aromatic N) is 1. The van der Waals surface area contributed by atoms with E-state index in [9.17, 15) is 4.79 Å². The molecule has 21 heavy (non-hydrogen) atoms. The summed E-state index contributed by atoms with van der Waals surface area (Å²) in [7, 11) is 0. The Balaban J connectivity index is 0.000000154. The van der Waals surface area contributed by atoms with Gasteiger partial charge in [-0.25, -0.2) is 4.79 Å². The molecule has 1 aromatic heterocycles. The van der Waals surface area contributed by atoms with Gasteiger partial charge in [-0.3, -0.25) is 5.10 Å². The third kappa shape index (κ3) is 4.81. The molecule has 2 aromatic carbocycles. The fraction of sp³-hybridized carbons (Fsp3) is 0.0667. The smallest absolute Gasteiger partial charge is 0.404 e. The van der Waals surface area contributed by atoms with Crippen LogP contribution in [0.3, 0.4) is 0 Å². The summed E-state index contributed by atoms with van der Waals surface area (Å²) in [6, 6.07) is 15.0. The van der Waals surface area contributed by atoms with Crippen LogP contribution in [0.2, 0.25) is 0 Å². The Morgan fingerprint density at radius 3 is 2.71 bits per heavy atom. The minimum atomic E-state index is -0.770. The van der Waals surface area contributed by atoms with Crippen molar-refractivity contribution in [2.24, 2.45) is 0 Å². The van der Waals surface area contributed by atoms with Crippen LogP contribution in [-0.4, -0.2) is 15.6 Å². The predicted molar refractivity (Wildman–Crippen MR) is 83.0 cm³/mol. The van der Waals surface area contributed by atoms with E-state index in [-0.39, 0.29) is 6.61 Å². The standard InChI is InChI=1S/C8H7ClO2.C7H7N3/c9-8(10)11-6-7-4-2-1-3-5-7;8-6-2-1-5-4-9-10-7(5)3-6/h1-5H,6H2;1-4H,8H2,(H,9,10). The summed E-state index contributed by atoms with van der Waals surface area (Å²) < 4.78 is 4.55. The van der Waals surface area contributed by atoms with Crippen LogP contribution in [0.5, 0.6) is 0 Å². The molecule has 0 spiro atoms. The third-order valence-corrected chi connectivity index (χ3v) is 2.77. The molecular formula is C15H14ClN3O2. The van der Waals surface area contributed by atoms with E-state index < -0.39 is 5.43 Å². The number of rotatable bonds is 2. The first-order valence-corrected chi connectivity index (χ1v) is 6.58. The van der Waals surface area contributed by atoms with Crippen LogP contribution < -0.4 is 5.73 Å². The highest BCUT2D eigenvalue weighted by Crippen LogP contribution is 2.13. The van der Waals surface area contributed by atoms with Crippen LogP contribution in [0, 0.1) is 0 Å². The van der Waals surface area contributed by atoms with Crippen LogP contribution >= 0.6 is 11.6 Å². The van der Waals surface area contributed by atoms with Gasteiger partial charge in [-0.15, -0.1) is 0 Å². The third-order valence-electron chi connectivity index (χ3n) is 2.66. The number of nitrogens with two attached hydrogens (primary N) is 1. The molecular weight excluding hydrogens is 290 g/mol. The van der Waals surface area contributed by atoms with Crippen molar-refractivity contribution in [1.29, 1.82) is 0 Å². The molecule has 0 saturated heterocycles. The lowest BCUT2D eigenvalue weighted by Crippen LogP contribution is -1.93. The molecule has 108 valence electrons. The average molecular weight is 304 g/mol. The molecule has 1 heterocycles. The molecule has 0 radical (unpaired) electrons. The molecule has 0 atom stereocenters. The SMILES string of the molecule is Nc1ccc2cn[nH]c2c1.O=C(Cl)OCc1ccccc1. The summed E-state index contributed by atoms with van der Waals surface area (Å²) in [5.74, 6) is 0. The van der Waals surface area contributed by atoms with Crippen LogP contribution in [0.15, 0.2) is 54.7 Å². The van der Waals surface area contributed by atoms with Gasteiger partial charge in [0.2, 0.25) is 0 Å². The normalized spacial score (nSPS) is 9.76. The first-order valence-electron chi connectivity index (χ1n) is 6.20. The molecule has 6 heteroatoms. The molecule has 0 aliphatic rings. The Morgan fingerprint density at radius 2 is 2.00 bits per heavy atom. The molecule has 0 aliphatic heterocycles. The molecule has 0 aliphatic carbocycles. The number of nitrogen functional groups attached to an aromatic ring is 1. The molecule has 0 amide bonds. The Morgan fingerprint density at radius 1 is 1.24 bits per heavy atom. The second kappa shape index (κ2) is 7.31. The Hall–Kier alpha value is -2.53. The Bertz CT molecular complexity index is 713. The number of halogens is 1. The summed E-state index contributed by atoms with van der Waals surface area (Å²) in [5, 5.41) is 7.78. The van der Waals surface area contributed by atoms with Crippen molar-refractivity contribution in [3.05, 3.63) is 60.3 Å². The number of anilines is 1. The summed E-state index contributed by atoms with van der Waals surface area (Å²) in [5.41, 5.74) is 7.44. The number of H-pyrrole nitrogens is 1. The molecule has 5 nitrogen and oxygen atoms in total. The van der Waals surface area contributed by atoms with E-state index in [0.717, 1.165) is 22.2 Å². The summed E-state index contributed by atoms with van der Waals surface area (Å²) in [6.45, 7) is 0.239. The van der Waals surface area contributed by atoms with Crippen molar-refractivity contribution in [3.8, 4) is 0 Å². The maximum Gasteiger partial charge on any atom is 0.404 e. The van der Waals surface area contributed by atoms with Crippen LogP contribution in [0.1, 0.15) is 5.56 Å². The highest BCUT2D eigenvalue weighted by Gasteiger charge is 1.95. The van der Waals surface area contributed by atoms with Gasteiger partial charge in [0, 0.05) is 22.7 Å². The zero-order valence-electron chi connectivity index (χ0n) is 11.1. The first kappa shape index (κ1) is 14.9. The molecule has 0 bridgehead atoms. The Labute approximate surface area is 126 Å². The van der Waals surface area contributed by atoms with Gasteiger partial charge in [-0.1, -0.05) is 30.3 Å². The number of hydrogen-bond donors (Lipinski definition) is 2. The van der Waals surface area contributed by atoms with Crippen molar-refractivity contribution in [2.45, 2.75) is 6.61 Å². The number of hydrogen-bond acceptors (Lipinski definition) is 4. The van der Waals surface area contributed by atoms with Gasteiger partial charge in [0.15, 0.2) is 0 Å². The quantitative estimate of drug-likeness (QED) is 0.558. The van der Waals surface area contributed by atoms with E-state index in [4.69, 9.17) is 17.3 Å². The van der Waals surface area contributed by atoms with Crippen molar-refractivity contribution in [1.82, 2.24) is 10.2 Å². The predicted octanol–water partition coefficient (Wildman–Crippen LogP) is 3.71. The molecule has 3 N–H and O–H groups in total. The minimum absolute atomic E-state index is 0.239. The van der Waals surface area contributed by atoms with Gasteiger partial charge in [0.25, 0.3) is 0 Å². The van der Waals surface area contributed by atoms with Gasteiger partial charge >= 0.3 is 5.43 Å². The second-order valence-corrected chi connectivity index (χ2v) is 4.54. The van der Waals surface area contributed by atoms with E-state index in [0.29, 0.717) is 0 Å². The molecule has 0 unspecified atom stereocenters. The van der Waals surface area contributed by atoms with Gasteiger partial charge in [0.05, 0.1) is 11.7 Å².